The summed E-state index contributed by atoms with van der Waals surface area (Å²) in [5.74, 6) is -0.693. The molecule has 1 aromatic carbocycles. The highest BCUT2D eigenvalue weighted by Crippen LogP contribution is 2.32. The van der Waals surface area contributed by atoms with Crippen LogP contribution >= 0.6 is 11.8 Å². The Balaban J connectivity index is 1.27. The van der Waals surface area contributed by atoms with Crippen molar-refractivity contribution in [1.29, 1.82) is 0 Å². The minimum atomic E-state index is -0.636. The zero-order valence-corrected chi connectivity index (χ0v) is 16.8. The maximum Gasteiger partial charge on any atom is 0.338 e. The van der Waals surface area contributed by atoms with Crippen molar-refractivity contribution in [3.8, 4) is 0 Å². The van der Waals surface area contributed by atoms with Crippen molar-refractivity contribution in [2.45, 2.75) is 4.90 Å². The molecule has 1 N–H and O–H groups in total. The minimum Gasteiger partial charge on any atom is -0.459 e. The molecule has 0 atom stereocenters. The molecule has 0 radical (unpaired) electrons. The van der Waals surface area contributed by atoms with Crippen molar-refractivity contribution >= 4 is 41.1 Å². The lowest BCUT2D eigenvalue weighted by atomic mass is 10.2. The predicted molar refractivity (Wildman–Crippen MR) is 107 cm³/mol. The first-order valence-corrected chi connectivity index (χ1v) is 10.3. The Morgan fingerprint density at radius 2 is 1.87 bits per heavy atom. The van der Waals surface area contributed by atoms with Crippen LogP contribution in [0, 0.1) is 0 Å². The molecule has 9 nitrogen and oxygen atoms in total. The summed E-state index contributed by atoms with van der Waals surface area (Å²) in [6, 6.07) is 8.15. The third-order valence-corrected chi connectivity index (χ3v) is 5.90. The minimum absolute atomic E-state index is 0.127. The van der Waals surface area contributed by atoms with E-state index < -0.39 is 5.97 Å². The number of hydrogen-bond acceptors (Lipinski definition) is 7. The summed E-state index contributed by atoms with van der Waals surface area (Å²) < 4.78 is 10.3. The molecule has 0 bridgehead atoms. The molecule has 1 saturated heterocycles. The van der Waals surface area contributed by atoms with Crippen LogP contribution in [0.3, 0.4) is 0 Å². The molecule has 0 spiro atoms. The molecule has 0 aliphatic carbocycles. The van der Waals surface area contributed by atoms with Crippen LogP contribution in [0.4, 0.5) is 5.69 Å². The monoisotopic (exact) mass is 429 g/mol. The summed E-state index contributed by atoms with van der Waals surface area (Å²) in [6.45, 7) is 1.07. The van der Waals surface area contributed by atoms with Gasteiger partial charge in [0.2, 0.25) is 5.91 Å². The third-order valence-electron chi connectivity index (χ3n) is 4.83. The number of rotatable bonds is 4. The maximum atomic E-state index is 12.4. The Morgan fingerprint density at radius 1 is 1.10 bits per heavy atom. The fourth-order valence-corrected chi connectivity index (χ4v) is 4.02. The molecule has 4 rings (SSSR count). The van der Waals surface area contributed by atoms with Crippen molar-refractivity contribution in [3.05, 3.63) is 47.9 Å². The summed E-state index contributed by atoms with van der Waals surface area (Å²) in [5, 5.41) is 2.71. The number of amides is 3. The lowest BCUT2D eigenvalue weighted by molar-refractivity contribution is -0.136. The van der Waals surface area contributed by atoms with Crippen molar-refractivity contribution in [1.82, 2.24) is 9.80 Å². The smallest absolute Gasteiger partial charge is 0.338 e. The highest BCUT2D eigenvalue weighted by molar-refractivity contribution is 8.00. The average molecular weight is 429 g/mol. The molecule has 0 saturated carbocycles. The normalized spacial score (nSPS) is 15.9. The number of nitrogens with one attached hydrogen (secondary N) is 1. The number of benzene rings is 1. The van der Waals surface area contributed by atoms with Gasteiger partial charge < -0.3 is 24.3 Å². The number of nitrogens with zero attached hydrogens (tertiary/aromatic N) is 2. The van der Waals surface area contributed by atoms with Crippen molar-refractivity contribution in [3.63, 3.8) is 0 Å². The SMILES string of the molecule is O=C1CSc2ccc(C(=O)OCC(=O)N3CCN(C(=O)c4ccco4)CC3)cc2N1. The van der Waals surface area contributed by atoms with E-state index in [4.69, 9.17) is 9.15 Å². The number of carbonyl (C=O) groups excluding carboxylic acids is 4. The van der Waals surface area contributed by atoms with E-state index in [1.165, 1.54) is 18.0 Å². The van der Waals surface area contributed by atoms with Gasteiger partial charge in [0.25, 0.3) is 11.8 Å². The van der Waals surface area contributed by atoms with Crippen LogP contribution in [0.2, 0.25) is 0 Å². The fraction of sp³-hybridized carbons (Fsp3) is 0.300. The number of piperazine rings is 1. The van der Waals surface area contributed by atoms with Gasteiger partial charge in [0.15, 0.2) is 12.4 Å². The highest BCUT2D eigenvalue weighted by Gasteiger charge is 2.27. The summed E-state index contributed by atoms with van der Waals surface area (Å²) in [6.07, 6.45) is 1.44. The standard InChI is InChI=1S/C20H19N3O6S/c24-17-12-30-16-4-3-13(10-14(16)21-17)20(27)29-11-18(25)22-5-7-23(8-6-22)19(26)15-2-1-9-28-15/h1-4,9-10H,5-8,11-12H2,(H,21,24). The number of esters is 1. The molecule has 2 aliphatic rings. The highest BCUT2D eigenvalue weighted by atomic mass is 32.2. The van der Waals surface area contributed by atoms with Gasteiger partial charge >= 0.3 is 5.97 Å². The molecule has 2 aromatic rings. The lowest BCUT2D eigenvalue weighted by Crippen LogP contribution is -2.51. The van der Waals surface area contributed by atoms with Gasteiger partial charge in [0, 0.05) is 31.1 Å². The maximum absolute atomic E-state index is 12.4. The number of fused-ring (bicyclic) bond motifs is 1. The molecule has 2 aliphatic heterocycles. The van der Waals surface area contributed by atoms with E-state index in [2.05, 4.69) is 5.32 Å². The molecule has 3 heterocycles. The molecule has 156 valence electrons. The summed E-state index contributed by atoms with van der Waals surface area (Å²) in [4.78, 5) is 52.5. The van der Waals surface area contributed by atoms with E-state index in [0.29, 0.717) is 37.6 Å². The van der Waals surface area contributed by atoms with E-state index in [9.17, 15) is 19.2 Å². The van der Waals surface area contributed by atoms with Gasteiger partial charge in [-0.3, -0.25) is 14.4 Å². The van der Waals surface area contributed by atoms with Gasteiger partial charge in [0.05, 0.1) is 23.3 Å². The molecule has 1 fully saturated rings. The van der Waals surface area contributed by atoms with E-state index in [0.717, 1.165) is 4.90 Å². The second-order valence-corrected chi connectivity index (χ2v) is 7.79. The van der Waals surface area contributed by atoms with Crippen molar-refractivity contribution in [2.75, 3.05) is 43.9 Å². The first-order valence-electron chi connectivity index (χ1n) is 9.35. The van der Waals surface area contributed by atoms with E-state index in [1.807, 2.05) is 0 Å². The molecule has 30 heavy (non-hydrogen) atoms. The second kappa shape index (κ2) is 8.62. The van der Waals surface area contributed by atoms with Crippen molar-refractivity contribution < 1.29 is 28.3 Å². The number of carbonyl (C=O) groups is 4. The number of furan rings is 1. The average Bonchev–Trinajstić information content (AvgIpc) is 3.31. The Bertz CT molecular complexity index is 982. The van der Waals surface area contributed by atoms with Crippen LogP contribution in [0.25, 0.3) is 0 Å². The van der Waals surface area contributed by atoms with Gasteiger partial charge in [-0.2, -0.15) is 0 Å². The van der Waals surface area contributed by atoms with Gasteiger partial charge in [-0.05, 0) is 30.3 Å². The lowest BCUT2D eigenvalue weighted by Gasteiger charge is -2.34. The van der Waals surface area contributed by atoms with Crippen LogP contribution < -0.4 is 5.32 Å². The zero-order chi connectivity index (χ0) is 21.1. The number of ether oxygens (including phenoxy) is 1. The molecule has 10 heteroatoms. The summed E-state index contributed by atoms with van der Waals surface area (Å²) in [7, 11) is 0. The number of anilines is 1. The molecular formula is C20H19N3O6S. The second-order valence-electron chi connectivity index (χ2n) is 6.77. The number of hydrogen-bond donors (Lipinski definition) is 1. The Labute approximate surface area is 176 Å². The molecular weight excluding hydrogens is 410 g/mol. The van der Waals surface area contributed by atoms with E-state index in [1.54, 1.807) is 40.1 Å². The first kappa shape index (κ1) is 20.0. The van der Waals surface area contributed by atoms with E-state index >= 15 is 0 Å². The topological polar surface area (TPSA) is 109 Å². The largest absolute Gasteiger partial charge is 0.459 e. The quantitative estimate of drug-likeness (QED) is 0.733. The molecule has 1 aromatic heterocycles. The van der Waals surface area contributed by atoms with Crippen LogP contribution in [0.15, 0.2) is 45.9 Å². The Kier molecular flexibility index (Phi) is 5.75. The Morgan fingerprint density at radius 3 is 2.60 bits per heavy atom. The summed E-state index contributed by atoms with van der Waals surface area (Å²) in [5.41, 5.74) is 0.826. The first-order chi connectivity index (χ1) is 14.5. The van der Waals surface area contributed by atoms with Gasteiger partial charge in [-0.15, -0.1) is 11.8 Å². The van der Waals surface area contributed by atoms with Crippen LogP contribution in [0.5, 0.6) is 0 Å². The van der Waals surface area contributed by atoms with Crippen LogP contribution in [-0.2, 0) is 14.3 Å². The number of thioether (sulfide) groups is 1. The Hall–Kier alpha value is -3.27. The van der Waals surface area contributed by atoms with Gasteiger partial charge in [0.1, 0.15) is 0 Å². The van der Waals surface area contributed by atoms with Crippen molar-refractivity contribution in [2.24, 2.45) is 0 Å². The van der Waals surface area contributed by atoms with Gasteiger partial charge in [-0.1, -0.05) is 0 Å². The predicted octanol–water partition coefficient (Wildman–Crippen LogP) is 1.47. The molecule has 3 amide bonds. The third kappa shape index (κ3) is 4.33. The zero-order valence-electron chi connectivity index (χ0n) is 16.0. The summed E-state index contributed by atoms with van der Waals surface area (Å²) >= 11 is 1.40. The van der Waals surface area contributed by atoms with Crippen LogP contribution in [0.1, 0.15) is 20.9 Å². The molecule has 0 unspecified atom stereocenters. The van der Waals surface area contributed by atoms with E-state index in [-0.39, 0.29) is 35.7 Å². The van der Waals surface area contributed by atoms with Gasteiger partial charge in [-0.25, -0.2) is 4.79 Å². The fourth-order valence-electron chi connectivity index (χ4n) is 3.23. The van der Waals surface area contributed by atoms with Crippen LogP contribution in [-0.4, -0.2) is 72.0 Å².